The lowest BCUT2D eigenvalue weighted by Gasteiger charge is -2.05. The summed E-state index contributed by atoms with van der Waals surface area (Å²) in [6.45, 7) is 4.11. The van der Waals surface area contributed by atoms with Crippen LogP contribution in [0.15, 0.2) is 44.4 Å². The van der Waals surface area contributed by atoms with Crippen molar-refractivity contribution in [1.29, 1.82) is 0 Å². The van der Waals surface area contributed by atoms with Crippen molar-refractivity contribution in [2.75, 3.05) is 5.75 Å². The number of nitrogens with zero attached hydrogens (tertiary/aromatic N) is 3. The number of unbranched alkanes of at least 4 members (excludes halogenated alkanes) is 1. The van der Waals surface area contributed by atoms with Crippen molar-refractivity contribution in [2.45, 2.75) is 38.2 Å². The Bertz CT molecular complexity index is 1030. The van der Waals surface area contributed by atoms with Crippen molar-refractivity contribution >= 4 is 44.5 Å². The highest BCUT2D eigenvalue weighted by molar-refractivity contribution is 7.84. The third kappa shape index (κ3) is 3.29. The summed E-state index contributed by atoms with van der Waals surface area (Å²) in [4.78, 5) is 13.4. The van der Waals surface area contributed by atoms with Gasteiger partial charge in [0.05, 0.1) is 10.8 Å². The summed E-state index contributed by atoms with van der Waals surface area (Å²) >= 11 is 1.54. The molecule has 0 radical (unpaired) electrons. The zero-order valence-electron chi connectivity index (χ0n) is 14.7. The monoisotopic (exact) mass is 385 g/mol. The predicted molar refractivity (Wildman–Crippen MR) is 107 cm³/mol. The molecule has 0 aliphatic carbocycles. The molecule has 3 aromatic rings. The predicted octanol–water partition coefficient (Wildman–Crippen LogP) is 5.06. The van der Waals surface area contributed by atoms with Gasteiger partial charge in [-0.3, -0.25) is 9.20 Å². The maximum Gasteiger partial charge on any atom is 0.228 e. The number of allylic oxidation sites excluding steroid dienone is 1. The first-order valence-corrected chi connectivity index (χ1v) is 10.8. The maximum atomic E-state index is 12.5. The van der Waals surface area contributed by atoms with Gasteiger partial charge in [-0.1, -0.05) is 13.3 Å². The van der Waals surface area contributed by atoms with E-state index in [0.29, 0.717) is 16.6 Å². The molecule has 0 N–H and O–H groups in total. The highest BCUT2D eigenvalue weighted by Gasteiger charge is 2.20. The summed E-state index contributed by atoms with van der Waals surface area (Å²) in [5, 5.41) is 4.15. The van der Waals surface area contributed by atoms with E-state index < -0.39 is 10.8 Å². The second-order valence-corrected chi connectivity index (χ2v) is 8.67. The first-order chi connectivity index (χ1) is 12.7. The highest BCUT2D eigenvalue weighted by atomic mass is 32.2. The van der Waals surface area contributed by atoms with Crippen LogP contribution in [0.1, 0.15) is 38.7 Å². The third-order valence-corrected chi connectivity index (χ3v) is 6.38. The summed E-state index contributed by atoms with van der Waals surface area (Å²) in [5.74, 6) is 0.607. The first kappa shape index (κ1) is 17.3. The Morgan fingerprint density at radius 3 is 2.92 bits per heavy atom. The molecule has 0 fully saturated rings. The van der Waals surface area contributed by atoms with E-state index in [-0.39, 0.29) is 0 Å². The Kier molecular flexibility index (Phi) is 4.82. The number of pyridine rings is 1. The lowest BCUT2D eigenvalue weighted by atomic mass is 10.0. The number of aliphatic imine (C=N–C) groups is 1. The molecular weight excluding hydrogens is 366 g/mol. The maximum absolute atomic E-state index is 12.5. The second-order valence-electron chi connectivity index (χ2n) is 6.28. The third-order valence-electron chi connectivity index (χ3n) is 4.28. The minimum absolute atomic E-state index is 0.495. The molecule has 4 rings (SSSR count). The molecule has 0 bridgehead atoms. The van der Waals surface area contributed by atoms with E-state index in [9.17, 15) is 4.21 Å². The van der Waals surface area contributed by atoms with Gasteiger partial charge < -0.3 is 4.42 Å². The smallest absolute Gasteiger partial charge is 0.228 e. The Hall–Kier alpha value is -2.12. The van der Waals surface area contributed by atoms with Crippen LogP contribution in [0.5, 0.6) is 0 Å². The molecule has 1 atom stereocenters. The SMILES string of the molecule is CCCCS(=O)c1cc2c(C3=CN=C(C)C3)cc(-c3nccs3)nc2o1. The van der Waals surface area contributed by atoms with E-state index in [2.05, 4.69) is 21.9 Å². The number of hydrogen-bond acceptors (Lipinski definition) is 6. The van der Waals surface area contributed by atoms with E-state index in [1.807, 2.05) is 30.6 Å². The molecule has 0 amide bonds. The van der Waals surface area contributed by atoms with Crippen molar-refractivity contribution < 1.29 is 8.63 Å². The van der Waals surface area contributed by atoms with Gasteiger partial charge in [0.15, 0.2) is 5.09 Å². The number of aromatic nitrogens is 2. The highest BCUT2D eigenvalue weighted by Crippen LogP contribution is 2.35. The van der Waals surface area contributed by atoms with Gasteiger partial charge in [0.2, 0.25) is 5.71 Å². The Morgan fingerprint density at radius 2 is 2.23 bits per heavy atom. The summed E-state index contributed by atoms with van der Waals surface area (Å²) < 4.78 is 18.4. The normalized spacial score (nSPS) is 15.3. The van der Waals surface area contributed by atoms with Crippen molar-refractivity contribution in [3.05, 3.63) is 35.5 Å². The average Bonchev–Trinajstić information content (AvgIpc) is 3.38. The van der Waals surface area contributed by atoms with E-state index in [1.165, 1.54) is 11.3 Å². The molecular formula is C19H19N3O2S2. The molecule has 7 heteroatoms. The van der Waals surface area contributed by atoms with Crippen LogP contribution in [0.2, 0.25) is 0 Å². The molecule has 5 nitrogen and oxygen atoms in total. The van der Waals surface area contributed by atoms with Crippen LogP contribution in [0.3, 0.4) is 0 Å². The molecule has 3 aromatic heterocycles. The zero-order chi connectivity index (χ0) is 18.1. The summed E-state index contributed by atoms with van der Waals surface area (Å²) in [7, 11) is -1.14. The molecule has 0 spiro atoms. The molecule has 1 unspecified atom stereocenters. The zero-order valence-corrected chi connectivity index (χ0v) is 16.3. The Labute approximate surface area is 158 Å². The lowest BCUT2D eigenvalue weighted by molar-refractivity contribution is 0.494. The second kappa shape index (κ2) is 7.25. The number of hydrogen-bond donors (Lipinski definition) is 0. The molecule has 26 heavy (non-hydrogen) atoms. The van der Waals surface area contributed by atoms with Gasteiger partial charge in [-0.05, 0) is 30.5 Å². The average molecular weight is 386 g/mol. The van der Waals surface area contributed by atoms with Crippen molar-refractivity contribution in [2.24, 2.45) is 4.99 Å². The van der Waals surface area contributed by atoms with Crippen molar-refractivity contribution in [3.8, 4) is 10.7 Å². The summed E-state index contributed by atoms with van der Waals surface area (Å²) in [6.07, 6.45) is 6.38. The van der Waals surface area contributed by atoms with E-state index in [4.69, 9.17) is 4.42 Å². The minimum Gasteiger partial charge on any atom is -0.429 e. The van der Waals surface area contributed by atoms with Gasteiger partial charge in [0, 0.05) is 47.1 Å². The molecule has 1 aliphatic rings. The number of rotatable bonds is 6. The van der Waals surface area contributed by atoms with Crippen molar-refractivity contribution in [1.82, 2.24) is 9.97 Å². The van der Waals surface area contributed by atoms with Gasteiger partial charge in [0.25, 0.3) is 0 Å². The van der Waals surface area contributed by atoms with Gasteiger partial charge in [-0.15, -0.1) is 11.3 Å². The molecule has 0 aromatic carbocycles. The van der Waals surface area contributed by atoms with Crippen LogP contribution in [0.25, 0.3) is 27.4 Å². The van der Waals surface area contributed by atoms with Gasteiger partial charge in [-0.2, -0.15) is 0 Å². The van der Waals surface area contributed by atoms with Gasteiger partial charge >= 0.3 is 0 Å². The fourth-order valence-corrected chi connectivity index (χ4v) is 4.70. The fraction of sp³-hybridized carbons (Fsp3) is 0.316. The largest absolute Gasteiger partial charge is 0.429 e. The van der Waals surface area contributed by atoms with E-state index >= 15 is 0 Å². The van der Waals surface area contributed by atoms with E-state index in [1.54, 1.807) is 6.20 Å². The van der Waals surface area contributed by atoms with Crippen LogP contribution in [0.4, 0.5) is 0 Å². The standard InChI is InChI=1S/C19H19N3O2S2/c1-3-4-7-26(23)17-10-15-14(13-8-12(2)21-11-13)9-16(22-18(15)24-17)19-20-5-6-25-19/h5-6,9-11H,3-4,7-8H2,1-2H3. The fourth-order valence-electron chi connectivity index (χ4n) is 2.92. The van der Waals surface area contributed by atoms with Crippen LogP contribution in [0, 0.1) is 0 Å². The Balaban J connectivity index is 1.83. The quantitative estimate of drug-likeness (QED) is 0.594. The molecule has 4 heterocycles. The lowest BCUT2D eigenvalue weighted by Crippen LogP contribution is -1.95. The van der Waals surface area contributed by atoms with Crippen LogP contribution in [-0.4, -0.2) is 25.6 Å². The van der Waals surface area contributed by atoms with Crippen LogP contribution < -0.4 is 0 Å². The molecule has 0 saturated carbocycles. The van der Waals surface area contributed by atoms with Crippen LogP contribution in [-0.2, 0) is 10.8 Å². The molecule has 134 valence electrons. The number of furan rings is 1. The molecule has 0 saturated heterocycles. The topological polar surface area (TPSA) is 68.3 Å². The molecule has 1 aliphatic heterocycles. The summed E-state index contributed by atoms with van der Waals surface area (Å²) in [6, 6.07) is 3.92. The summed E-state index contributed by atoms with van der Waals surface area (Å²) in [5.41, 5.74) is 4.52. The van der Waals surface area contributed by atoms with E-state index in [0.717, 1.165) is 52.2 Å². The van der Waals surface area contributed by atoms with Crippen molar-refractivity contribution in [3.63, 3.8) is 0 Å². The van der Waals surface area contributed by atoms with Crippen LogP contribution >= 0.6 is 11.3 Å². The minimum atomic E-state index is -1.14. The number of fused-ring (bicyclic) bond motifs is 1. The Morgan fingerprint density at radius 1 is 1.35 bits per heavy atom. The first-order valence-electron chi connectivity index (χ1n) is 8.61. The van der Waals surface area contributed by atoms with Gasteiger partial charge in [0.1, 0.15) is 10.7 Å². The van der Waals surface area contributed by atoms with Gasteiger partial charge in [-0.25, -0.2) is 9.97 Å². The number of thiazole rings is 1.